The number of primary amides is 1. The summed E-state index contributed by atoms with van der Waals surface area (Å²) in [6.45, 7) is 0. The van der Waals surface area contributed by atoms with Crippen molar-refractivity contribution >= 4 is 35.0 Å². The molecule has 1 fully saturated rings. The first-order chi connectivity index (χ1) is 12.4. The summed E-state index contributed by atoms with van der Waals surface area (Å²) >= 11 is 12.0. The number of nitrogens with zero attached hydrogens (tertiary/aromatic N) is 1. The molecule has 0 radical (unpaired) electrons. The van der Waals surface area contributed by atoms with Crippen molar-refractivity contribution < 1.29 is 14.3 Å². The van der Waals surface area contributed by atoms with Gasteiger partial charge < -0.3 is 15.4 Å². The molecule has 0 unspecified atom stereocenters. The van der Waals surface area contributed by atoms with E-state index in [1.807, 2.05) is 24.3 Å². The van der Waals surface area contributed by atoms with E-state index in [0.717, 1.165) is 11.1 Å². The number of benzene rings is 2. The van der Waals surface area contributed by atoms with Gasteiger partial charge in [-0.05, 0) is 35.4 Å². The third kappa shape index (κ3) is 3.85. The molecule has 2 aromatic carbocycles. The van der Waals surface area contributed by atoms with Gasteiger partial charge in [-0.15, -0.1) is 0 Å². The normalized spacial score (nSPS) is 23.1. The Morgan fingerprint density at radius 1 is 1.04 bits per heavy atom. The summed E-state index contributed by atoms with van der Waals surface area (Å²) in [5.41, 5.74) is 7.00. The molecule has 3 atom stereocenters. The fourth-order valence-corrected chi connectivity index (χ4v) is 3.42. The zero-order valence-corrected chi connectivity index (χ0v) is 15.6. The fourth-order valence-electron chi connectivity index (χ4n) is 3.17. The van der Waals surface area contributed by atoms with Crippen LogP contribution >= 0.6 is 23.2 Å². The molecule has 0 saturated carbocycles. The van der Waals surface area contributed by atoms with Crippen molar-refractivity contribution in [3.63, 3.8) is 0 Å². The van der Waals surface area contributed by atoms with E-state index in [0.29, 0.717) is 10.0 Å². The number of likely N-dealkylation sites (N-methyl/N-ethyl adjacent to an activating group) is 1. The van der Waals surface area contributed by atoms with Gasteiger partial charge in [0, 0.05) is 17.1 Å². The topological polar surface area (TPSA) is 72.6 Å². The predicted octanol–water partition coefficient (Wildman–Crippen LogP) is 3.51. The number of nitrogens with two attached hydrogens (primary N) is 1. The molecule has 2 aromatic rings. The monoisotopic (exact) mass is 392 g/mol. The molecule has 2 amide bonds. The summed E-state index contributed by atoms with van der Waals surface area (Å²) in [7, 11) is 1.70. The van der Waals surface area contributed by atoms with Crippen LogP contribution in [-0.2, 0) is 14.3 Å². The number of hydrogen-bond donors (Lipinski definition) is 1. The molecule has 0 aliphatic carbocycles. The molecule has 0 spiro atoms. The Hall–Kier alpha value is -2.08. The molecule has 1 saturated heterocycles. The first-order valence-electron chi connectivity index (χ1n) is 8.08. The number of carbonyl (C=O) groups is 2. The Balaban J connectivity index is 2.02. The van der Waals surface area contributed by atoms with Gasteiger partial charge in [0.05, 0.1) is 12.5 Å². The van der Waals surface area contributed by atoms with Gasteiger partial charge >= 0.3 is 0 Å². The summed E-state index contributed by atoms with van der Waals surface area (Å²) in [6.07, 6.45) is -1.55. The maximum Gasteiger partial charge on any atom is 0.252 e. The molecular weight excluding hydrogens is 375 g/mol. The predicted molar refractivity (Wildman–Crippen MR) is 99.8 cm³/mol. The lowest BCUT2D eigenvalue weighted by Gasteiger charge is -2.43. The SMILES string of the molecule is CN1C(=O)[C@H](CC(N)=O)O[C@@H](c2ccc(Cl)cc2)[C@H]1c1ccc(Cl)cc1. The van der Waals surface area contributed by atoms with E-state index in [9.17, 15) is 9.59 Å². The van der Waals surface area contributed by atoms with E-state index < -0.39 is 18.1 Å². The average Bonchev–Trinajstić information content (AvgIpc) is 2.60. The van der Waals surface area contributed by atoms with Crippen LogP contribution in [0.3, 0.4) is 0 Å². The van der Waals surface area contributed by atoms with Gasteiger partial charge in [0.25, 0.3) is 5.91 Å². The lowest BCUT2D eigenvalue weighted by Crippen LogP contribution is -2.49. The third-order valence-electron chi connectivity index (χ3n) is 4.43. The largest absolute Gasteiger partial charge is 0.370 e. The maximum absolute atomic E-state index is 12.7. The Kier molecular flexibility index (Phi) is 5.51. The van der Waals surface area contributed by atoms with E-state index in [4.69, 9.17) is 33.7 Å². The highest BCUT2D eigenvalue weighted by molar-refractivity contribution is 6.30. The molecule has 7 heteroatoms. The number of halogens is 2. The Bertz CT molecular complexity index is 809. The molecule has 1 aliphatic rings. The van der Waals surface area contributed by atoms with Gasteiger partial charge in [0.1, 0.15) is 12.2 Å². The van der Waals surface area contributed by atoms with Gasteiger partial charge in [-0.1, -0.05) is 47.5 Å². The van der Waals surface area contributed by atoms with Gasteiger partial charge in [-0.2, -0.15) is 0 Å². The zero-order chi connectivity index (χ0) is 18.8. The van der Waals surface area contributed by atoms with Crippen LogP contribution in [0.5, 0.6) is 0 Å². The number of carbonyl (C=O) groups excluding carboxylic acids is 2. The maximum atomic E-state index is 12.7. The molecule has 0 aromatic heterocycles. The lowest BCUT2D eigenvalue weighted by molar-refractivity contribution is -0.173. The van der Waals surface area contributed by atoms with E-state index in [1.54, 1.807) is 36.2 Å². The zero-order valence-electron chi connectivity index (χ0n) is 14.1. The average molecular weight is 393 g/mol. The Labute approximate surface area is 161 Å². The van der Waals surface area contributed by atoms with Crippen LogP contribution in [0.4, 0.5) is 0 Å². The van der Waals surface area contributed by atoms with Crippen LogP contribution in [0, 0.1) is 0 Å². The van der Waals surface area contributed by atoms with Crippen LogP contribution in [0.25, 0.3) is 0 Å². The number of rotatable bonds is 4. The van der Waals surface area contributed by atoms with Crippen molar-refractivity contribution in [2.45, 2.75) is 24.7 Å². The van der Waals surface area contributed by atoms with Gasteiger partial charge in [0.15, 0.2) is 0 Å². The van der Waals surface area contributed by atoms with E-state index in [1.165, 1.54) is 0 Å². The third-order valence-corrected chi connectivity index (χ3v) is 4.94. The van der Waals surface area contributed by atoms with Crippen LogP contribution < -0.4 is 5.73 Å². The van der Waals surface area contributed by atoms with Crippen LogP contribution in [0.2, 0.25) is 10.0 Å². The molecule has 2 N–H and O–H groups in total. The van der Waals surface area contributed by atoms with E-state index in [2.05, 4.69) is 0 Å². The number of morpholine rings is 1. The van der Waals surface area contributed by atoms with Crippen molar-refractivity contribution in [3.05, 3.63) is 69.7 Å². The van der Waals surface area contributed by atoms with Gasteiger partial charge in [0.2, 0.25) is 5.91 Å². The van der Waals surface area contributed by atoms with Gasteiger partial charge in [-0.25, -0.2) is 0 Å². The summed E-state index contributed by atoms with van der Waals surface area (Å²) in [5.74, 6) is -0.870. The van der Waals surface area contributed by atoms with Crippen molar-refractivity contribution in [1.29, 1.82) is 0 Å². The first-order valence-corrected chi connectivity index (χ1v) is 8.84. The molecule has 0 bridgehead atoms. The fraction of sp³-hybridized carbons (Fsp3) is 0.263. The highest BCUT2D eigenvalue weighted by atomic mass is 35.5. The van der Waals surface area contributed by atoms with Crippen LogP contribution in [-0.4, -0.2) is 29.9 Å². The molecule has 3 rings (SSSR count). The summed E-state index contributed by atoms with van der Waals surface area (Å²) in [6, 6.07) is 14.1. The standard InChI is InChI=1S/C19H18Cl2N2O3/c1-23-17(11-2-6-13(20)7-3-11)18(12-4-8-14(21)9-5-12)26-15(19(23)25)10-16(22)24/h2-9,15,17-18H,10H2,1H3,(H2,22,24)/t15-,17+,18-/m0/s1. The number of amides is 2. The van der Waals surface area contributed by atoms with Crippen LogP contribution in [0.15, 0.2) is 48.5 Å². The van der Waals surface area contributed by atoms with E-state index >= 15 is 0 Å². The number of hydrogen-bond acceptors (Lipinski definition) is 3. The molecule has 1 aliphatic heterocycles. The molecule has 1 heterocycles. The van der Waals surface area contributed by atoms with Crippen molar-refractivity contribution in [2.24, 2.45) is 5.73 Å². The summed E-state index contributed by atoms with van der Waals surface area (Å²) < 4.78 is 6.04. The minimum absolute atomic E-state index is 0.166. The molecule has 26 heavy (non-hydrogen) atoms. The first kappa shape index (κ1) is 18.7. The second kappa shape index (κ2) is 7.66. The van der Waals surface area contributed by atoms with Crippen molar-refractivity contribution in [3.8, 4) is 0 Å². The summed E-state index contributed by atoms with van der Waals surface area (Å²) in [4.78, 5) is 25.6. The highest BCUT2D eigenvalue weighted by Crippen LogP contribution is 2.42. The van der Waals surface area contributed by atoms with E-state index in [-0.39, 0.29) is 18.4 Å². The van der Waals surface area contributed by atoms with Crippen molar-refractivity contribution in [1.82, 2.24) is 4.90 Å². The smallest absolute Gasteiger partial charge is 0.252 e. The second-order valence-electron chi connectivity index (χ2n) is 6.21. The quantitative estimate of drug-likeness (QED) is 0.864. The molecular formula is C19H18Cl2N2O3. The lowest BCUT2D eigenvalue weighted by atomic mass is 9.91. The second-order valence-corrected chi connectivity index (χ2v) is 7.09. The Morgan fingerprint density at radius 2 is 1.54 bits per heavy atom. The van der Waals surface area contributed by atoms with Crippen molar-refractivity contribution in [2.75, 3.05) is 7.05 Å². The summed E-state index contributed by atoms with van der Waals surface area (Å²) in [5, 5.41) is 1.21. The van der Waals surface area contributed by atoms with Gasteiger partial charge in [-0.3, -0.25) is 9.59 Å². The minimum Gasteiger partial charge on any atom is -0.370 e. The highest BCUT2D eigenvalue weighted by Gasteiger charge is 2.42. The molecule has 5 nitrogen and oxygen atoms in total. The number of ether oxygens (including phenoxy) is 1. The minimum atomic E-state index is -0.915. The Morgan fingerprint density at radius 3 is 2.04 bits per heavy atom. The van der Waals surface area contributed by atoms with Crippen LogP contribution in [0.1, 0.15) is 29.7 Å². The molecule has 136 valence electrons.